The summed E-state index contributed by atoms with van der Waals surface area (Å²) in [7, 11) is 0. The maximum Gasteiger partial charge on any atom is 0.179 e. The molecule has 0 aliphatic carbocycles. The highest BCUT2D eigenvalue weighted by Gasteiger charge is 2.23. The van der Waals surface area contributed by atoms with Gasteiger partial charge in [-0.2, -0.15) is 0 Å². The Labute approximate surface area is 132 Å². The zero-order valence-electron chi connectivity index (χ0n) is 11.3. The first kappa shape index (κ1) is 14.7. The molecule has 19 heavy (non-hydrogen) atoms. The van der Waals surface area contributed by atoms with Crippen molar-refractivity contribution in [1.82, 2.24) is 15.0 Å². The Morgan fingerprint density at radius 2 is 1.79 bits per heavy atom. The molecule has 0 spiro atoms. The normalized spacial score (nSPS) is 11.7. The van der Waals surface area contributed by atoms with Crippen molar-refractivity contribution < 1.29 is 0 Å². The molecule has 0 atom stereocenters. The SMILES string of the molecule is Cc1cccc(-c2nc(Cl)c(I)c(C(C)(C)C)n2)n1. The van der Waals surface area contributed by atoms with Crippen molar-refractivity contribution in [2.24, 2.45) is 0 Å². The first-order valence-electron chi connectivity index (χ1n) is 5.96. The second-order valence-corrected chi connectivity index (χ2v) is 6.85. The molecule has 0 bridgehead atoms. The minimum Gasteiger partial charge on any atom is -0.250 e. The molecule has 0 unspecified atom stereocenters. The van der Waals surface area contributed by atoms with Crippen LogP contribution in [-0.4, -0.2) is 15.0 Å². The molecular weight excluding hydrogens is 373 g/mol. The third-order valence-corrected chi connectivity index (χ3v) is 4.25. The van der Waals surface area contributed by atoms with Gasteiger partial charge in [-0.15, -0.1) is 0 Å². The molecule has 2 heterocycles. The third-order valence-electron chi connectivity index (χ3n) is 2.64. The van der Waals surface area contributed by atoms with E-state index in [0.717, 1.165) is 20.7 Å². The first-order valence-corrected chi connectivity index (χ1v) is 7.42. The van der Waals surface area contributed by atoms with Crippen molar-refractivity contribution in [2.45, 2.75) is 33.1 Å². The van der Waals surface area contributed by atoms with E-state index in [-0.39, 0.29) is 5.41 Å². The minimum atomic E-state index is -0.0817. The molecule has 0 radical (unpaired) electrons. The predicted molar refractivity (Wildman–Crippen MR) is 86.4 cm³/mol. The number of hydrogen-bond donors (Lipinski definition) is 0. The molecule has 0 fully saturated rings. The molecule has 0 amide bonds. The predicted octanol–water partition coefficient (Wildman–Crippen LogP) is 4.40. The summed E-state index contributed by atoms with van der Waals surface area (Å²) in [6.07, 6.45) is 0. The molecule has 2 aromatic rings. The Morgan fingerprint density at radius 1 is 1.11 bits per heavy atom. The van der Waals surface area contributed by atoms with Gasteiger partial charge in [0.15, 0.2) is 5.82 Å². The number of halogens is 2. The Bertz CT molecular complexity index is 621. The third kappa shape index (κ3) is 3.23. The van der Waals surface area contributed by atoms with Gasteiger partial charge in [-0.05, 0) is 41.6 Å². The summed E-state index contributed by atoms with van der Waals surface area (Å²) in [4.78, 5) is 13.4. The van der Waals surface area contributed by atoms with Crippen LogP contribution in [0, 0.1) is 10.5 Å². The van der Waals surface area contributed by atoms with Crippen molar-refractivity contribution in [3.05, 3.63) is 38.3 Å². The number of nitrogens with zero attached hydrogens (tertiary/aromatic N) is 3. The van der Waals surface area contributed by atoms with Crippen LogP contribution in [0.25, 0.3) is 11.5 Å². The highest BCUT2D eigenvalue weighted by Crippen LogP contribution is 2.30. The van der Waals surface area contributed by atoms with Crippen LogP contribution >= 0.6 is 34.2 Å². The standard InChI is InChI=1S/C14H15ClIN3/c1-8-6-5-7-9(17-8)13-18-11(14(2,3)4)10(16)12(15)19-13/h5-7H,1-4H3. The zero-order valence-corrected chi connectivity index (χ0v) is 14.2. The number of hydrogen-bond acceptors (Lipinski definition) is 3. The van der Waals surface area contributed by atoms with Crippen molar-refractivity contribution in [1.29, 1.82) is 0 Å². The fraction of sp³-hybridized carbons (Fsp3) is 0.357. The topological polar surface area (TPSA) is 38.7 Å². The van der Waals surface area contributed by atoms with Crippen LogP contribution in [-0.2, 0) is 5.41 Å². The molecule has 5 heteroatoms. The Balaban J connectivity index is 2.63. The fourth-order valence-electron chi connectivity index (χ4n) is 1.70. The van der Waals surface area contributed by atoms with Crippen LogP contribution in [0.4, 0.5) is 0 Å². The number of pyridine rings is 1. The summed E-state index contributed by atoms with van der Waals surface area (Å²) in [5.74, 6) is 0.582. The van der Waals surface area contributed by atoms with Gasteiger partial charge in [-0.3, -0.25) is 0 Å². The van der Waals surface area contributed by atoms with E-state index in [1.807, 2.05) is 25.1 Å². The van der Waals surface area contributed by atoms with Gasteiger partial charge in [0.05, 0.1) is 9.26 Å². The van der Waals surface area contributed by atoms with E-state index >= 15 is 0 Å². The summed E-state index contributed by atoms with van der Waals surface area (Å²) < 4.78 is 0.906. The van der Waals surface area contributed by atoms with Crippen molar-refractivity contribution in [3.63, 3.8) is 0 Å². The van der Waals surface area contributed by atoms with Crippen LogP contribution in [0.1, 0.15) is 32.2 Å². The molecule has 2 aromatic heterocycles. The second-order valence-electron chi connectivity index (χ2n) is 5.41. The second kappa shape index (κ2) is 5.32. The van der Waals surface area contributed by atoms with E-state index < -0.39 is 0 Å². The van der Waals surface area contributed by atoms with Gasteiger partial charge >= 0.3 is 0 Å². The maximum absolute atomic E-state index is 6.23. The van der Waals surface area contributed by atoms with Gasteiger partial charge in [-0.25, -0.2) is 15.0 Å². The summed E-state index contributed by atoms with van der Waals surface area (Å²) >= 11 is 8.42. The maximum atomic E-state index is 6.23. The lowest BCUT2D eigenvalue weighted by molar-refractivity contribution is 0.563. The number of aromatic nitrogens is 3. The molecule has 0 saturated carbocycles. The van der Waals surface area contributed by atoms with E-state index in [0.29, 0.717) is 11.0 Å². The molecule has 0 N–H and O–H groups in total. The van der Waals surface area contributed by atoms with Crippen molar-refractivity contribution in [2.75, 3.05) is 0 Å². The lowest BCUT2D eigenvalue weighted by Gasteiger charge is -2.20. The average Bonchev–Trinajstić information content (AvgIpc) is 2.31. The molecule has 0 aliphatic rings. The van der Waals surface area contributed by atoms with Gasteiger partial charge in [0.25, 0.3) is 0 Å². The van der Waals surface area contributed by atoms with Crippen molar-refractivity contribution in [3.8, 4) is 11.5 Å². The molecule has 0 aliphatic heterocycles. The van der Waals surface area contributed by atoms with E-state index in [1.165, 1.54) is 0 Å². The summed E-state index contributed by atoms with van der Waals surface area (Å²) in [5.41, 5.74) is 2.56. The van der Waals surface area contributed by atoms with Gasteiger partial charge < -0.3 is 0 Å². The van der Waals surface area contributed by atoms with Crippen LogP contribution in [0.15, 0.2) is 18.2 Å². The van der Waals surface area contributed by atoms with Crippen LogP contribution in [0.2, 0.25) is 5.15 Å². The molecule has 0 aromatic carbocycles. The zero-order chi connectivity index (χ0) is 14.2. The van der Waals surface area contributed by atoms with Crippen LogP contribution < -0.4 is 0 Å². The Hall–Kier alpha value is -0.750. The minimum absolute atomic E-state index is 0.0817. The van der Waals surface area contributed by atoms with Crippen molar-refractivity contribution >= 4 is 34.2 Å². The monoisotopic (exact) mass is 387 g/mol. The Kier molecular flexibility index (Phi) is 4.11. The van der Waals surface area contributed by atoms with Crippen LogP contribution in [0.3, 0.4) is 0 Å². The Morgan fingerprint density at radius 3 is 2.37 bits per heavy atom. The summed E-state index contributed by atoms with van der Waals surface area (Å²) in [6, 6.07) is 5.80. The van der Waals surface area contributed by atoms with E-state index in [4.69, 9.17) is 11.6 Å². The van der Waals surface area contributed by atoms with Gasteiger partial charge in [0.2, 0.25) is 0 Å². The van der Waals surface area contributed by atoms with E-state index in [9.17, 15) is 0 Å². The largest absolute Gasteiger partial charge is 0.250 e. The van der Waals surface area contributed by atoms with E-state index in [2.05, 4.69) is 58.3 Å². The molecule has 0 saturated heterocycles. The lowest BCUT2D eigenvalue weighted by atomic mass is 9.92. The molecule has 2 rings (SSSR count). The van der Waals surface area contributed by atoms with Crippen LogP contribution in [0.5, 0.6) is 0 Å². The lowest BCUT2D eigenvalue weighted by Crippen LogP contribution is -2.17. The molecule has 3 nitrogen and oxygen atoms in total. The fourth-order valence-corrected chi connectivity index (χ4v) is 2.92. The number of aryl methyl sites for hydroxylation is 1. The highest BCUT2D eigenvalue weighted by molar-refractivity contribution is 14.1. The summed E-state index contributed by atoms with van der Waals surface area (Å²) in [6.45, 7) is 8.28. The molecular formula is C14H15ClIN3. The molecule has 100 valence electrons. The smallest absolute Gasteiger partial charge is 0.179 e. The number of rotatable bonds is 1. The van der Waals surface area contributed by atoms with E-state index in [1.54, 1.807) is 0 Å². The summed E-state index contributed by atoms with van der Waals surface area (Å²) in [5, 5.41) is 0.485. The van der Waals surface area contributed by atoms with Gasteiger partial charge in [0, 0.05) is 11.1 Å². The quantitative estimate of drug-likeness (QED) is 0.538. The van der Waals surface area contributed by atoms with Gasteiger partial charge in [0.1, 0.15) is 10.8 Å². The van der Waals surface area contributed by atoms with Gasteiger partial charge in [-0.1, -0.05) is 38.4 Å². The average molecular weight is 388 g/mol. The highest BCUT2D eigenvalue weighted by atomic mass is 127. The first-order chi connectivity index (χ1) is 8.79.